The van der Waals surface area contributed by atoms with Gasteiger partial charge in [0.2, 0.25) is 0 Å². The summed E-state index contributed by atoms with van der Waals surface area (Å²) in [6.07, 6.45) is 1.94. The Labute approximate surface area is 178 Å². The van der Waals surface area contributed by atoms with Gasteiger partial charge in [-0.3, -0.25) is 14.9 Å². The number of ether oxygens (including phenoxy) is 1. The Kier molecular flexibility index (Phi) is 6.56. The highest BCUT2D eigenvalue weighted by Crippen LogP contribution is 2.32. The first-order valence-corrected chi connectivity index (χ1v) is 9.90. The van der Waals surface area contributed by atoms with Crippen molar-refractivity contribution in [2.24, 2.45) is 5.92 Å². The second-order valence-electron chi connectivity index (χ2n) is 7.27. The van der Waals surface area contributed by atoms with Gasteiger partial charge < -0.3 is 15.0 Å². The van der Waals surface area contributed by atoms with Crippen molar-refractivity contribution in [3.8, 4) is 0 Å². The average Bonchev–Trinajstić information content (AvgIpc) is 2.74. The van der Waals surface area contributed by atoms with Crippen molar-refractivity contribution in [1.82, 2.24) is 0 Å². The highest BCUT2D eigenvalue weighted by Gasteiger charge is 2.25. The predicted molar refractivity (Wildman–Crippen MR) is 114 cm³/mol. The zero-order valence-corrected chi connectivity index (χ0v) is 17.4. The van der Waals surface area contributed by atoms with Crippen LogP contribution in [0.4, 0.5) is 17.1 Å². The standard InChI is InChI=1S/C21H22ClN3O5/c1-13-7-9-24(10-8-13)18-6-3-14(11-19(18)25(28)29)20(26)23-15-4-5-17(22)16(12-15)21(27)30-2/h3-6,11-13H,7-10H2,1-2H3,(H,23,26). The summed E-state index contributed by atoms with van der Waals surface area (Å²) in [5, 5.41) is 14.5. The molecule has 1 fully saturated rings. The van der Waals surface area contributed by atoms with Crippen LogP contribution in [0.2, 0.25) is 5.02 Å². The third kappa shape index (κ3) is 4.71. The number of nitro benzene ring substituents is 1. The van der Waals surface area contributed by atoms with Crippen LogP contribution in [-0.2, 0) is 4.74 Å². The summed E-state index contributed by atoms with van der Waals surface area (Å²) in [6.45, 7) is 3.66. The predicted octanol–water partition coefficient (Wildman–Crippen LogP) is 4.52. The number of hydrogen-bond acceptors (Lipinski definition) is 6. The number of hydrogen-bond donors (Lipinski definition) is 1. The monoisotopic (exact) mass is 431 g/mol. The molecule has 2 aromatic carbocycles. The molecule has 158 valence electrons. The Balaban J connectivity index is 1.84. The van der Waals surface area contributed by atoms with Crippen LogP contribution >= 0.6 is 11.6 Å². The van der Waals surface area contributed by atoms with E-state index in [1.54, 1.807) is 12.1 Å². The lowest BCUT2D eigenvalue weighted by Crippen LogP contribution is -2.33. The maximum Gasteiger partial charge on any atom is 0.339 e. The van der Waals surface area contributed by atoms with Gasteiger partial charge in [-0.1, -0.05) is 18.5 Å². The van der Waals surface area contributed by atoms with Crippen LogP contribution < -0.4 is 10.2 Å². The molecule has 1 saturated heterocycles. The Bertz CT molecular complexity index is 987. The lowest BCUT2D eigenvalue weighted by molar-refractivity contribution is -0.384. The zero-order chi connectivity index (χ0) is 21.8. The second-order valence-corrected chi connectivity index (χ2v) is 7.68. The summed E-state index contributed by atoms with van der Waals surface area (Å²) < 4.78 is 4.67. The second kappa shape index (κ2) is 9.13. The smallest absolute Gasteiger partial charge is 0.339 e. The van der Waals surface area contributed by atoms with E-state index < -0.39 is 16.8 Å². The molecule has 0 bridgehead atoms. The van der Waals surface area contributed by atoms with E-state index in [1.807, 2.05) is 4.90 Å². The molecule has 9 heteroatoms. The fourth-order valence-electron chi connectivity index (χ4n) is 3.40. The minimum atomic E-state index is -0.632. The summed E-state index contributed by atoms with van der Waals surface area (Å²) in [4.78, 5) is 37.6. The van der Waals surface area contributed by atoms with E-state index in [1.165, 1.54) is 31.4 Å². The van der Waals surface area contributed by atoms with Gasteiger partial charge in [-0.2, -0.15) is 0 Å². The van der Waals surface area contributed by atoms with Gasteiger partial charge >= 0.3 is 5.97 Å². The molecule has 1 heterocycles. The Morgan fingerprint density at radius 3 is 2.53 bits per heavy atom. The van der Waals surface area contributed by atoms with E-state index in [4.69, 9.17) is 11.6 Å². The lowest BCUT2D eigenvalue weighted by atomic mass is 9.98. The molecule has 3 rings (SSSR count). The van der Waals surface area contributed by atoms with Gasteiger partial charge in [-0.25, -0.2) is 4.79 Å². The van der Waals surface area contributed by atoms with Gasteiger partial charge in [-0.15, -0.1) is 0 Å². The number of nitrogens with one attached hydrogen (secondary N) is 1. The van der Waals surface area contributed by atoms with E-state index in [0.717, 1.165) is 25.9 Å². The van der Waals surface area contributed by atoms with E-state index in [-0.39, 0.29) is 21.8 Å². The molecular weight excluding hydrogens is 410 g/mol. The van der Waals surface area contributed by atoms with Crippen LogP contribution in [-0.4, -0.2) is 37.0 Å². The summed E-state index contributed by atoms with van der Waals surface area (Å²) in [6, 6.07) is 8.85. The van der Waals surface area contributed by atoms with Crippen molar-refractivity contribution in [3.05, 3.63) is 62.7 Å². The van der Waals surface area contributed by atoms with Crippen LogP contribution in [0.5, 0.6) is 0 Å². The molecule has 0 spiro atoms. The number of benzene rings is 2. The number of rotatable bonds is 5. The van der Waals surface area contributed by atoms with Crippen molar-refractivity contribution in [1.29, 1.82) is 0 Å². The minimum absolute atomic E-state index is 0.108. The molecule has 0 aromatic heterocycles. The fraction of sp³-hybridized carbons (Fsp3) is 0.333. The van der Waals surface area contributed by atoms with E-state index in [2.05, 4.69) is 17.0 Å². The number of halogens is 1. The van der Waals surface area contributed by atoms with Crippen molar-refractivity contribution in [3.63, 3.8) is 0 Å². The molecule has 30 heavy (non-hydrogen) atoms. The summed E-state index contributed by atoms with van der Waals surface area (Å²) >= 11 is 5.99. The zero-order valence-electron chi connectivity index (χ0n) is 16.7. The molecule has 2 aromatic rings. The number of carbonyl (C=O) groups is 2. The number of nitro groups is 1. The number of carbonyl (C=O) groups excluding carboxylic acids is 2. The number of amides is 1. The van der Waals surface area contributed by atoms with Gasteiger partial charge in [-0.05, 0) is 49.1 Å². The highest BCUT2D eigenvalue weighted by molar-refractivity contribution is 6.33. The molecule has 1 aliphatic heterocycles. The largest absolute Gasteiger partial charge is 0.465 e. The first-order valence-electron chi connectivity index (χ1n) is 9.52. The number of esters is 1. The molecule has 8 nitrogen and oxygen atoms in total. The van der Waals surface area contributed by atoms with Gasteiger partial charge in [0.15, 0.2) is 0 Å². The van der Waals surface area contributed by atoms with Gasteiger partial charge in [0.05, 0.1) is 22.6 Å². The molecule has 0 radical (unpaired) electrons. The van der Waals surface area contributed by atoms with Crippen molar-refractivity contribution >= 4 is 40.5 Å². The first kappa shape index (κ1) is 21.6. The Morgan fingerprint density at radius 1 is 1.20 bits per heavy atom. The molecule has 0 saturated carbocycles. The van der Waals surface area contributed by atoms with Crippen LogP contribution in [0.3, 0.4) is 0 Å². The van der Waals surface area contributed by atoms with Gasteiger partial charge in [0.25, 0.3) is 11.6 Å². The summed E-state index contributed by atoms with van der Waals surface area (Å²) in [5.74, 6) is -0.568. The van der Waals surface area contributed by atoms with E-state index in [0.29, 0.717) is 17.3 Å². The van der Waals surface area contributed by atoms with Crippen LogP contribution in [0.1, 0.15) is 40.5 Å². The fourth-order valence-corrected chi connectivity index (χ4v) is 3.60. The maximum atomic E-state index is 12.7. The number of anilines is 2. The number of piperidine rings is 1. The average molecular weight is 432 g/mol. The molecule has 1 N–H and O–H groups in total. The molecule has 0 unspecified atom stereocenters. The normalized spacial score (nSPS) is 14.3. The summed E-state index contributed by atoms with van der Waals surface area (Å²) in [5.41, 5.74) is 0.982. The minimum Gasteiger partial charge on any atom is -0.465 e. The van der Waals surface area contributed by atoms with Gasteiger partial charge in [0.1, 0.15) is 5.69 Å². The highest BCUT2D eigenvalue weighted by atomic mass is 35.5. The van der Waals surface area contributed by atoms with Gasteiger partial charge in [0, 0.05) is 30.4 Å². The first-order chi connectivity index (χ1) is 14.3. The quantitative estimate of drug-likeness (QED) is 0.424. The molecule has 1 amide bonds. The van der Waals surface area contributed by atoms with Crippen LogP contribution in [0.25, 0.3) is 0 Å². The van der Waals surface area contributed by atoms with Crippen LogP contribution in [0.15, 0.2) is 36.4 Å². The molecule has 1 aliphatic rings. The maximum absolute atomic E-state index is 12.7. The Hall–Kier alpha value is -3.13. The molecule has 0 atom stereocenters. The van der Waals surface area contributed by atoms with Crippen molar-refractivity contribution in [2.75, 3.05) is 30.4 Å². The SMILES string of the molecule is COC(=O)c1cc(NC(=O)c2ccc(N3CCC(C)CC3)c([N+](=O)[O-])c2)ccc1Cl. The van der Waals surface area contributed by atoms with E-state index in [9.17, 15) is 19.7 Å². The van der Waals surface area contributed by atoms with Crippen molar-refractivity contribution < 1.29 is 19.2 Å². The van der Waals surface area contributed by atoms with E-state index >= 15 is 0 Å². The molecular formula is C21H22ClN3O5. The topological polar surface area (TPSA) is 102 Å². The van der Waals surface area contributed by atoms with Crippen molar-refractivity contribution in [2.45, 2.75) is 19.8 Å². The Morgan fingerprint density at radius 2 is 1.90 bits per heavy atom. The lowest BCUT2D eigenvalue weighted by Gasteiger charge is -2.31. The molecule has 0 aliphatic carbocycles. The third-order valence-corrected chi connectivity index (χ3v) is 5.52. The summed E-state index contributed by atoms with van der Waals surface area (Å²) in [7, 11) is 1.23. The van der Waals surface area contributed by atoms with Crippen LogP contribution in [0, 0.1) is 16.0 Å². The number of methoxy groups -OCH3 is 1. The third-order valence-electron chi connectivity index (χ3n) is 5.19. The number of nitrogens with zero attached hydrogens (tertiary/aromatic N) is 2.